The Balaban J connectivity index is 1.96. The quantitative estimate of drug-likeness (QED) is 0.551. The van der Waals surface area contributed by atoms with Crippen LogP contribution in [0.4, 0.5) is 11.4 Å². The fraction of sp³-hybridized carbons (Fsp3) is 0.364. The van der Waals surface area contributed by atoms with Crippen LogP contribution in [0, 0.1) is 10.1 Å². The van der Waals surface area contributed by atoms with Crippen LogP contribution in [0.25, 0.3) is 6.08 Å². The third kappa shape index (κ3) is 2.39. The number of likely N-dealkylation sites (N-methyl/N-ethyl adjacent to an activating group) is 1. The van der Waals surface area contributed by atoms with Gasteiger partial charge in [0, 0.05) is 18.2 Å². The zero-order chi connectivity index (χ0) is 21.8. The second kappa shape index (κ2) is 6.55. The van der Waals surface area contributed by atoms with Gasteiger partial charge in [-0.3, -0.25) is 10.1 Å². The summed E-state index contributed by atoms with van der Waals surface area (Å²) < 4.78 is 23.0. The summed E-state index contributed by atoms with van der Waals surface area (Å²) in [5, 5.41) is 11.8. The molecule has 0 radical (unpaired) electrons. The van der Waals surface area contributed by atoms with Crippen LogP contribution >= 0.6 is 0 Å². The first-order valence-electron chi connectivity index (χ1n) is 9.45. The molecule has 1 spiro atoms. The van der Waals surface area contributed by atoms with E-state index < -0.39 is 16.1 Å². The molecule has 0 amide bonds. The van der Waals surface area contributed by atoms with Gasteiger partial charge in [-0.25, -0.2) is 0 Å². The van der Waals surface area contributed by atoms with Gasteiger partial charge in [-0.2, -0.15) is 0 Å². The molecule has 0 bridgehead atoms. The number of nitro groups is 1. The van der Waals surface area contributed by atoms with Crippen molar-refractivity contribution in [3.8, 4) is 23.0 Å². The van der Waals surface area contributed by atoms with Gasteiger partial charge in [0.15, 0.2) is 0 Å². The molecule has 4 rings (SSSR count). The average Bonchev–Trinajstić information content (AvgIpc) is 2.91. The van der Waals surface area contributed by atoms with Crippen molar-refractivity contribution in [2.75, 3.05) is 33.3 Å². The van der Waals surface area contributed by atoms with Crippen molar-refractivity contribution in [3.05, 3.63) is 51.6 Å². The summed E-state index contributed by atoms with van der Waals surface area (Å²) >= 11 is 0. The van der Waals surface area contributed by atoms with Gasteiger partial charge in [0.25, 0.3) is 0 Å². The van der Waals surface area contributed by atoms with E-state index in [1.54, 1.807) is 20.3 Å². The van der Waals surface area contributed by atoms with E-state index in [0.717, 1.165) is 11.3 Å². The lowest BCUT2D eigenvalue weighted by Crippen LogP contribution is -2.58. The third-order valence-corrected chi connectivity index (χ3v) is 6.15. The number of benzene rings is 2. The molecule has 0 saturated carbocycles. The number of fused-ring (bicyclic) bond motifs is 2. The predicted molar refractivity (Wildman–Crippen MR) is 113 cm³/mol. The fourth-order valence-corrected chi connectivity index (χ4v) is 4.60. The Labute approximate surface area is 174 Å². The van der Waals surface area contributed by atoms with E-state index in [2.05, 4.69) is 0 Å². The first kappa shape index (κ1) is 19.9. The highest BCUT2D eigenvalue weighted by atomic mass is 16.6. The largest absolute Gasteiger partial charge is 0.496 e. The van der Waals surface area contributed by atoms with Gasteiger partial charge in [-0.15, -0.1) is 0 Å². The highest BCUT2D eigenvalue weighted by Crippen LogP contribution is 2.60. The number of nitrogens with zero attached hydrogens (tertiary/aromatic N) is 2. The number of rotatable bonds is 4. The molecular formula is C22H24N2O6. The van der Waals surface area contributed by atoms with E-state index in [9.17, 15) is 10.1 Å². The summed E-state index contributed by atoms with van der Waals surface area (Å²) in [4.78, 5) is 13.3. The first-order chi connectivity index (χ1) is 14.2. The summed E-state index contributed by atoms with van der Waals surface area (Å²) in [5.41, 5.74) is 0.530. The Morgan fingerprint density at radius 1 is 1.07 bits per heavy atom. The van der Waals surface area contributed by atoms with Gasteiger partial charge >= 0.3 is 5.69 Å². The van der Waals surface area contributed by atoms with Gasteiger partial charge in [0.1, 0.15) is 17.2 Å². The summed E-state index contributed by atoms with van der Waals surface area (Å²) in [6, 6.07) is 6.81. The third-order valence-electron chi connectivity index (χ3n) is 6.15. The maximum absolute atomic E-state index is 11.8. The second-order valence-electron chi connectivity index (χ2n) is 7.83. The van der Waals surface area contributed by atoms with Gasteiger partial charge in [0.2, 0.25) is 11.5 Å². The zero-order valence-electron chi connectivity index (χ0n) is 17.8. The molecule has 0 aromatic heterocycles. The number of ether oxygens (including phenoxy) is 4. The van der Waals surface area contributed by atoms with Crippen molar-refractivity contribution < 1.29 is 23.9 Å². The first-order valence-corrected chi connectivity index (χ1v) is 9.45. The lowest BCUT2D eigenvalue weighted by molar-refractivity contribution is -0.386. The SMILES string of the molecule is COc1cc2c(c([N+](=O)[O-])c1)OC1(C=C2)N(C)c2c(OC)ccc(OC)c2C1(C)C. The molecule has 8 nitrogen and oxygen atoms in total. The van der Waals surface area contributed by atoms with Crippen molar-refractivity contribution in [2.24, 2.45) is 0 Å². The highest BCUT2D eigenvalue weighted by molar-refractivity contribution is 5.80. The van der Waals surface area contributed by atoms with Gasteiger partial charge in [0.05, 0.1) is 43.4 Å². The Hall–Kier alpha value is -3.42. The summed E-state index contributed by atoms with van der Waals surface area (Å²) in [5.74, 6) is 1.97. The van der Waals surface area contributed by atoms with Crippen LogP contribution in [0.2, 0.25) is 0 Å². The molecule has 2 aliphatic heterocycles. The smallest absolute Gasteiger partial charge is 0.315 e. The van der Waals surface area contributed by atoms with Gasteiger partial charge in [-0.05, 0) is 44.2 Å². The molecule has 2 aromatic carbocycles. The number of anilines is 1. The van der Waals surface area contributed by atoms with E-state index in [1.165, 1.54) is 13.2 Å². The van der Waals surface area contributed by atoms with E-state index in [1.807, 2.05) is 50.1 Å². The minimum atomic E-state index is -1.02. The van der Waals surface area contributed by atoms with Crippen LogP contribution in [0.3, 0.4) is 0 Å². The van der Waals surface area contributed by atoms with Crippen LogP contribution < -0.4 is 23.8 Å². The highest BCUT2D eigenvalue weighted by Gasteiger charge is 2.60. The van der Waals surface area contributed by atoms with Crippen molar-refractivity contribution >= 4 is 17.5 Å². The maximum Gasteiger partial charge on any atom is 0.315 e. The molecule has 30 heavy (non-hydrogen) atoms. The molecule has 2 aromatic rings. The van der Waals surface area contributed by atoms with Crippen LogP contribution in [0.5, 0.6) is 23.0 Å². The Kier molecular flexibility index (Phi) is 4.34. The number of hydrogen-bond acceptors (Lipinski definition) is 7. The lowest BCUT2D eigenvalue weighted by atomic mass is 9.76. The molecule has 1 atom stereocenters. The van der Waals surface area contributed by atoms with E-state index >= 15 is 0 Å². The predicted octanol–water partition coefficient (Wildman–Crippen LogP) is 4.15. The zero-order valence-corrected chi connectivity index (χ0v) is 17.8. The number of nitro benzene ring substituents is 1. The minimum Gasteiger partial charge on any atom is -0.496 e. The van der Waals surface area contributed by atoms with E-state index in [4.69, 9.17) is 18.9 Å². The molecule has 0 N–H and O–H groups in total. The standard InChI is InChI=1S/C22H24N2O6/c1-21(2)18-16(28-5)7-8-17(29-6)19(18)23(3)22(21)10-9-13-11-14(27-4)12-15(24(25)26)20(13)30-22/h7-12H,1-6H3. The van der Waals surface area contributed by atoms with Crippen molar-refractivity contribution in [2.45, 2.75) is 25.0 Å². The maximum atomic E-state index is 11.8. The minimum absolute atomic E-state index is 0.146. The second-order valence-corrected chi connectivity index (χ2v) is 7.83. The monoisotopic (exact) mass is 412 g/mol. The summed E-state index contributed by atoms with van der Waals surface area (Å²) in [6.07, 6.45) is 3.77. The van der Waals surface area contributed by atoms with E-state index in [-0.39, 0.29) is 11.4 Å². The Morgan fingerprint density at radius 2 is 1.73 bits per heavy atom. The molecule has 158 valence electrons. The van der Waals surface area contributed by atoms with Crippen LogP contribution in [-0.4, -0.2) is 39.0 Å². The average molecular weight is 412 g/mol. The van der Waals surface area contributed by atoms with Gasteiger partial charge in [-0.1, -0.05) is 0 Å². The van der Waals surface area contributed by atoms with Gasteiger partial charge < -0.3 is 23.8 Å². The molecule has 0 fully saturated rings. The molecule has 2 heterocycles. The Morgan fingerprint density at radius 3 is 2.33 bits per heavy atom. The van der Waals surface area contributed by atoms with Crippen molar-refractivity contribution in [3.63, 3.8) is 0 Å². The van der Waals surface area contributed by atoms with Crippen molar-refractivity contribution in [1.29, 1.82) is 0 Å². The summed E-state index contributed by atoms with van der Waals surface area (Å²) in [7, 11) is 6.59. The fourth-order valence-electron chi connectivity index (χ4n) is 4.60. The molecule has 2 aliphatic rings. The summed E-state index contributed by atoms with van der Waals surface area (Å²) in [6.45, 7) is 4.06. The number of hydrogen-bond donors (Lipinski definition) is 0. The van der Waals surface area contributed by atoms with Crippen LogP contribution in [-0.2, 0) is 5.41 Å². The number of methoxy groups -OCH3 is 3. The van der Waals surface area contributed by atoms with Crippen molar-refractivity contribution in [1.82, 2.24) is 0 Å². The van der Waals surface area contributed by atoms with E-state index in [0.29, 0.717) is 22.8 Å². The lowest BCUT2D eigenvalue weighted by Gasteiger charge is -2.45. The normalized spacial score (nSPS) is 20.4. The van der Waals surface area contributed by atoms with Crippen LogP contribution in [0.15, 0.2) is 30.3 Å². The molecule has 8 heteroatoms. The van der Waals surface area contributed by atoms with Crippen LogP contribution in [0.1, 0.15) is 25.0 Å². The molecule has 1 unspecified atom stereocenters. The molecule has 0 saturated heterocycles. The molecule has 0 aliphatic carbocycles. The topological polar surface area (TPSA) is 83.3 Å². The Bertz CT molecular complexity index is 1080. The molecular weight excluding hydrogens is 388 g/mol.